The Morgan fingerprint density at radius 3 is 1.72 bits per heavy atom. The molecular formula is C20H21F6OPS. The van der Waals surface area contributed by atoms with Crippen molar-refractivity contribution in [2.75, 3.05) is 0 Å². The molecule has 1 aliphatic heterocycles. The molecule has 0 saturated heterocycles. The van der Waals surface area contributed by atoms with Crippen LogP contribution in [-0.2, 0) is 10.9 Å². The quantitative estimate of drug-likeness (QED) is 0.139. The number of benzene rings is 2. The molecule has 0 aromatic heterocycles. The van der Waals surface area contributed by atoms with Gasteiger partial charge in [-0.2, -0.15) is 0 Å². The molecule has 0 spiro atoms. The Labute approximate surface area is 168 Å². The van der Waals surface area contributed by atoms with Gasteiger partial charge in [-0.15, -0.1) is 6.58 Å². The fourth-order valence-electron chi connectivity index (χ4n) is 2.53. The monoisotopic (exact) mass is 454 g/mol. The van der Waals surface area contributed by atoms with Gasteiger partial charge in [-0.25, -0.2) is 0 Å². The molecule has 0 unspecified atom stereocenters. The van der Waals surface area contributed by atoms with Crippen LogP contribution in [0.2, 0.25) is 0 Å². The van der Waals surface area contributed by atoms with Gasteiger partial charge >= 0.3 is 33.0 Å². The molecule has 3 rings (SSSR count). The molecule has 0 fully saturated rings. The molecule has 160 valence electrons. The number of fused-ring (bicyclic) bond motifs is 2. The van der Waals surface area contributed by atoms with E-state index in [2.05, 4.69) is 54.5 Å². The second-order valence-corrected chi connectivity index (χ2v) is 9.98. The zero-order chi connectivity index (χ0) is 21.6. The van der Waals surface area contributed by atoms with Crippen molar-refractivity contribution in [1.29, 1.82) is 0 Å². The SMILES string of the molecule is C=CCCCC/C=C/[S+]1c2ccccc2Oc2ccccc21.F[P-](F)(F)(F)(F)F. The number of hydrogen-bond donors (Lipinski definition) is 0. The first-order valence-corrected chi connectivity index (χ1v) is 12.1. The van der Waals surface area contributed by atoms with Crippen LogP contribution >= 0.6 is 7.81 Å². The Bertz CT molecular complexity index is 823. The van der Waals surface area contributed by atoms with Gasteiger partial charge in [0.05, 0.1) is 10.9 Å². The summed E-state index contributed by atoms with van der Waals surface area (Å²) in [6.07, 6.45) is 9.00. The standard InChI is InChI=1S/C20H21OS.F6P/c1-2-3-4-5-6-11-16-22-19-14-9-7-12-17(19)21-18-13-8-10-15-20(18)22;1-7(2,3,4,5)6/h2,7-16H,1,3-6H2;/q+1;-1/b16-11+;. The Kier molecular flexibility index (Phi) is 6.80. The maximum absolute atomic E-state index is 10.7. The van der Waals surface area contributed by atoms with E-state index in [0.717, 1.165) is 24.3 Å². The van der Waals surface area contributed by atoms with Crippen molar-refractivity contribution < 1.29 is 29.9 Å². The van der Waals surface area contributed by atoms with Crippen molar-refractivity contribution >= 4 is 18.7 Å². The van der Waals surface area contributed by atoms with E-state index >= 15 is 0 Å². The van der Waals surface area contributed by atoms with Crippen LogP contribution in [0.1, 0.15) is 25.7 Å². The van der Waals surface area contributed by atoms with E-state index < -0.39 is 7.81 Å². The minimum atomic E-state index is -10.7. The van der Waals surface area contributed by atoms with Crippen LogP contribution in [0.3, 0.4) is 0 Å². The topological polar surface area (TPSA) is 9.23 Å². The molecule has 0 amide bonds. The Morgan fingerprint density at radius 2 is 1.24 bits per heavy atom. The van der Waals surface area contributed by atoms with Gasteiger partial charge in [0.15, 0.2) is 11.5 Å². The predicted octanol–water partition coefficient (Wildman–Crippen LogP) is 9.47. The second kappa shape index (κ2) is 8.44. The van der Waals surface area contributed by atoms with Crippen LogP contribution in [-0.4, -0.2) is 0 Å². The van der Waals surface area contributed by atoms with Gasteiger partial charge in [0.1, 0.15) is 5.41 Å². The maximum atomic E-state index is 9.87. The van der Waals surface area contributed by atoms with Gasteiger partial charge in [0.2, 0.25) is 9.79 Å². The zero-order valence-corrected chi connectivity index (χ0v) is 17.1. The van der Waals surface area contributed by atoms with Gasteiger partial charge in [-0.1, -0.05) is 30.3 Å². The first-order chi connectivity index (χ1) is 13.3. The molecule has 1 heterocycles. The fraction of sp³-hybridized carbons (Fsp3) is 0.200. The number of allylic oxidation sites excluding steroid dienone is 2. The van der Waals surface area contributed by atoms with Crippen LogP contribution in [0.25, 0.3) is 0 Å². The molecule has 0 radical (unpaired) electrons. The van der Waals surface area contributed by atoms with Crippen molar-refractivity contribution in [2.24, 2.45) is 0 Å². The third-order valence-electron chi connectivity index (χ3n) is 3.65. The van der Waals surface area contributed by atoms with Crippen molar-refractivity contribution in [1.82, 2.24) is 0 Å². The fourth-order valence-corrected chi connectivity index (χ4v) is 4.49. The molecule has 2 aromatic rings. The minimum absolute atomic E-state index is 0.0275. The van der Waals surface area contributed by atoms with Gasteiger partial charge < -0.3 is 4.74 Å². The van der Waals surface area contributed by atoms with Crippen LogP contribution in [0.4, 0.5) is 25.2 Å². The van der Waals surface area contributed by atoms with Crippen LogP contribution in [0, 0.1) is 0 Å². The van der Waals surface area contributed by atoms with E-state index in [1.54, 1.807) is 0 Å². The summed E-state index contributed by atoms with van der Waals surface area (Å²) in [5, 5.41) is 2.36. The summed E-state index contributed by atoms with van der Waals surface area (Å²) in [6, 6.07) is 16.7. The van der Waals surface area contributed by atoms with Crippen molar-refractivity contribution in [3.05, 3.63) is 72.7 Å². The van der Waals surface area contributed by atoms with E-state index in [0.29, 0.717) is 0 Å². The second-order valence-electron chi connectivity index (χ2n) is 6.24. The Hall–Kier alpha value is -1.92. The third kappa shape index (κ3) is 9.41. The Morgan fingerprint density at radius 1 is 0.793 bits per heavy atom. The summed E-state index contributed by atoms with van der Waals surface area (Å²) in [4.78, 5) is 2.56. The molecular weight excluding hydrogens is 433 g/mol. The normalized spacial score (nSPS) is 15.8. The third-order valence-corrected chi connectivity index (χ3v) is 5.74. The zero-order valence-electron chi connectivity index (χ0n) is 15.4. The van der Waals surface area contributed by atoms with E-state index in [-0.39, 0.29) is 10.9 Å². The molecule has 9 heteroatoms. The molecule has 29 heavy (non-hydrogen) atoms. The molecule has 0 bridgehead atoms. The first-order valence-electron chi connectivity index (χ1n) is 8.78. The van der Waals surface area contributed by atoms with Crippen LogP contribution in [0.15, 0.2) is 82.5 Å². The van der Waals surface area contributed by atoms with Crippen molar-refractivity contribution in [3.63, 3.8) is 0 Å². The number of rotatable bonds is 6. The molecule has 0 saturated carbocycles. The summed E-state index contributed by atoms with van der Waals surface area (Å²) < 4.78 is 65.2. The number of halogens is 6. The summed E-state index contributed by atoms with van der Waals surface area (Å²) in [6.45, 7) is 3.77. The molecule has 2 aromatic carbocycles. The average molecular weight is 454 g/mol. The van der Waals surface area contributed by atoms with Gasteiger partial charge in [0.25, 0.3) is 0 Å². The molecule has 0 atom stereocenters. The number of hydrogen-bond acceptors (Lipinski definition) is 1. The van der Waals surface area contributed by atoms with E-state index in [9.17, 15) is 25.2 Å². The van der Waals surface area contributed by atoms with Crippen LogP contribution in [0.5, 0.6) is 11.5 Å². The van der Waals surface area contributed by atoms with Crippen molar-refractivity contribution in [3.8, 4) is 11.5 Å². The van der Waals surface area contributed by atoms with Gasteiger partial charge in [0, 0.05) is 0 Å². The molecule has 0 N–H and O–H groups in total. The van der Waals surface area contributed by atoms with E-state index in [4.69, 9.17) is 4.74 Å². The van der Waals surface area contributed by atoms with E-state index in [1.807, 2.05) is 18.2 Å². The summed E-state index contributed by atoms with van der Waals surface area (Å²) in [5.41, 5.74) is 0. The summed E-state index contributed by atoms with van der Waals surface area (Å²) in [7, 11) is -10.7. The first kappa shape index (κ1) is 23.4. The summed E-state index contributed by atoms with van der Waals surface area (Å²) >= 11 is 0. The van der Waals surface area contributed by atoms with Gasteiger partial charge in [-0.05, 0) is 56.0 Å². The van der Waals surface area contributed by atoms with Gasteiger partial charge in [-0.3, -0.25) is 0 Å². The predicted molar refractivity (Wildman–Crippen MR) is 108 cm³/mol. The number of ether oxygens (including phenoxy) is 1. The summed E-state index contributed by atoms with van der Waals surface area (Å²) in [5.74, 6) is 1.97. The number of para-hydroxylation sites is 2. The average Bonchev–Trinajstić information content (AvgIpc) is 2.61. The Balaban J connectivity index is 0.000000370. The molecule has 1 aliphatic rings. The van der Waals surface area contributed by atoms with Crippen LogP contribution < -0.4 is 4.74 Å². The van der Waals surface area contributed by atoms with E-state index in [1.165, 1.54) is 22.6 Å². The number of unbranched alkanes of at least 4 members (excludes halogenated alkanes) is 3. The molecule has 0 aliphatic carbocycles. The molecule has 1 nitrogen and oxygen atoms in total. The van der Waals surface area contributed by atoms with Crippen molar-refractivity contribution in [2.45, 2.75) is 35.5 Å².